The first-order chi connectivity index (χ1) is 23.2. The van der Waals surface area contributed by atoms with E-state index in [1.165, 1.54) is 15.7 Å². The molecule has 18 heteroatoms. The molecule has 0 bridgehead atoms. The van der Waals surface area contributed by atoms with Gasteiger partial charge in [0.25, 0.3) is 5.56 Å². The Morgan fingerprint density at radius 1 is 0.980 bits per heavy atom. The number of rotatable bonds is 7. The summed E-state index contributed by atoms with van der Waals surface area (Å²) in [6, 6.07) is 8.94. The van der Waals surface area contributed by atoms with Gasteiger partial charge in [0.15, 0.2) is 5.82 Å². The summed E-state index contributed by atoms with van der Waals surface area (Å²) in [5.41, 5.74) is 0.384. The van der Waals surface area contributed by atoms with Crippen molar-refractivity contribution in [1.82, 2.24) is 24.1 Å². The zero-order chi connectivity index (χ0) is 36.3. The molecular formula is C32H34F5N7O5S. The molecule has 2 aromatic carbocycles. The lowest BCUT2D eigenvalue weighted by Gasteiger charge is -2.40. The van der Waals surface area contributed by atoms with Gasteiger partial charge in [-0.1, -0.05) is 38.5 Å². The number of furan rings is 1. The van der Waals surface area contributed by atoms with Gasteiger partial charge < -0.3 is 28.8 Å². The number of carbonyl (C=O) groups is 2. The number of amides is 2. The number of hydrogen-bond donors (Lipinski definition) is 1. The summed E-state index contributed by atoms with van der Waals surface area (Å²) in [6.07, 6.45) is 1.29. The van der Waals surface area contributed by atoms with Crippen LogP contribution in [0.3, 0.4) is 0 Å². The van der Waals surface area contributed by atoms with E-state index in [-0.39, 0.29) is 67.7 Å². The van der Waals surface area contributed by atoms with Crippen molar-refractivity contribution in [3.63, 3.8) is 0 Å². The lowest BCUT2D eigenvalue weighted by molar-refractivity contribution is -0.116. The molecule has 6 rings (SSSR count). The van der Waals surface area contributed by atoms with Gasteiger partial charge in [0, 0.05) is 42.8 Å². The van der Waals surface area contributed by atoms with E-state index in [0.717, 1.165) is 22.0 Å². The Balaban J connectivity index is 1.38. The van der Waals surface area contributed by atoms with Crippen LogP contribution >= 0.6 is 10.2 Å². The molecular weight excluding hydrogens is 689 g/mol. The van der Waals surface area contributed by atoms with E-state index < -0.39 is 44.8 Å². The first kappa shape index (κ1) is 34.7. The Bertz CT molecular complexity index is 2190. The predicted octanol–water partition coefficient (Wildman–Crippen LogP) is 7.22. The largest absolute Gasteiger partial charge is 0.464 e. The zero-order valence-corrected chi connectivity index (χ0v) is 28.3. The normalized spacial score (nSPS) is 15.6. The highest BCUT2D eigenvalue weighted by Crippen LogP contribution is 3.02. The number of piperazine rings is 1. The van der Waals surface area contributed by atoms with Crippen LogP contribution in [0.5, 0.6) is 0 Å². The lowest BCUT2D eigenvalue weighted by Crippen LogP contribution is -2.51. The van der Waals surface area contributed by atoms with Crippen LogP contribution in [0.2, 0.25) is 0 Å². The molecule has 50 heavy (non-hydrogen) atoms. The molecule has 0 radical (unpaired) electrons. The molecule has 5 aromatic rings. The van der Waals surface area contributed by atoms with Gasteiger partial charge in [-0.15, -0.1) is 5.10 Å². The Morgan fingerprint density at radius 2 is 1.66 bits per heavy atom. The van der Waals surface area contributed by atoms with E-state index >= 15 is 0 Å². The van der Waals surface area contributed by atoms with Crippen LogP contribution in [0.15, 0.2) is 68.9 Å². The summed E-state index contributed by atoms with van der Waals surface area (Å²) in [7, 11) is -9.91. The number of hydrogen-bond acceptors (Lipinski definition) is 8. The molecule has 1 saturated heterocycles. The Hall–Kier alpha value is -5.13. The van der Waals surface area contributed by atoms with Crippen molar-refractivity contribution >= 4 is 50.3 Å². The quantitative estimate of drug-likeness (QED) is 0.175. The van der Waals surface area contributed by atoms with Crippen LogP contribution in [-0.4, -0.2) is 67.8 Å². The standard InChI is InChI=1S/C32H34F5N7O5S/c1-5-24-27(41-13-15-42(16-14-41)31(47)49-32(2,3)4)29(46)44-30(39-28(40-44)21-7-6-20-12-17-48-25(20)18-21)43(24)19-26(45)38-22-8-10-23(11-9-22)50(33,34,35,36)37/h6-12,17-18H,5,13-16,19H2,1-4H3,(H,38,45). The van der Waals surface area contributed by atoms with Gasteiger partial charge in [0.2, 0.25) is 11.7 Å². The van der Waals surface area contributed by atoms with Crippen LogP contribution in [0.25, 0.3) is 28.1 Å². The fourth-order valence-corrected chi connectivity index (χ4v) is 6.37. The van der Waals surface area contributed by atoms with Crippen LogP contribution in [0.4, 0.5) is 35.6 Å². The molecule has 0 spiro atoms. The summed E-state index contributed by atoms with van der Waals surface area (Å²) in [5.74, 6) is -0.549. The van der Waals surface area contributed by atoms with Gasteiger partial charge in [-0.05, 0) is 63.6 Å². The van der Waals surface area contributed by atoms with Gasteiger partial charge >= 0.3 is 16.3 Å². The number of anilines is 2. The van der Waals surface area contributed by atoms with E-state index in [1.807, 2.05) is 0 Å². The smallest absolute Gasteiger partial charge is 0.410 e. The fourth-order valence-electron chi connectivity index (χ4n) is 5.72. The summed E-state index contributed by atoms with van der Waals surface area (Å²) < 4.78 is 79.7. The number of carbonyl (C=O) groups excluding carboxylic acids is 2. The topological polar surface area (TPSA) is 127 Å². The molecule has 4 heterocycles. The molecule has 3 aromatic heterocycles. The van der Waals surface area contributed by atoms with Gasteiger partial charge in [-0.25, -0.2) is 4.79 Å². The lowest BCUT2D eigenvalue weighted by atomic mass is 10.1. The second-order valence-electron chi connectivity index (χ2n) is 12.9. The third kappa shape index (κ3) is 7.10. The van der Waals surface area contributed by atoms with Crippen LogP contribution < -0.4 is 15.8 Å². The van der Waals surface area contributed by atoms with Crippen molar-refractivity contribution in [3.05, 3.63) is 70.8 Å². The van der Waals surface area contributed by atoms with E-state index in [4.69, 9.17) is 9.15 Å². The average molecular weight is 724 g/mol. The molecule has 12 nitrogen and oxygen atoms in total. The summed E-state index contributed by atoms with van der Waals surface area (Å²) >= 11 is 0. The number of halogens is 5. The SMILES string of the molecule is CCc1c(N2CCN(C(=O)OC(C)(C)C)CC2)c(=O)n2nc(-c3ccc4ccoc4c3)nc2n1CC(=O)Nc1ccc(S(F)(F)(F)(F)F)cc1. The molecule has 0 saturated carbocycles. The minimum Gasteiger partial charge on any atom is -0.464 e. The Kier molecular flexibility index (Phi) is 7.96. The highest BCUT2D eigenvalue weighted by Gasteiger charge is 2.65. The Labute approximate surface area is 282 Å². The second kappa shape index (κ2) is 11.5. The third-order valence-electron chi connectivity index (χ3n) is 8.01. The summed E-state index contributed by atoms with van der Waals surface area (Å²) in [4.78, 5) is 46.1. The van der Waals surface area contributed by atoms with Gasteiger partial charge in [0.1, 0.15) is 28.3 Å². The van der Waals surface area contributed by atoms with Crippen LogP contribution in [0, 0.1) is 0 Å². The Morgan fingerprint density at radius 3 is 2.28 bits per heavy atom. The number of ether oxygens (including phenoxy) is 1. The van der Waals surface area contributed by atoms with Gasteiger partial charge in [-0.2, -0.15) is 9.50 Å². The molecule has 0 atom stereocenters. The molecule has 2 amide bonds. The molecule has 0 aliphatic carbocycles. The maximum Gasteiger partial charge on any atom is 0.410 e. The fraction of sp³-hybridized carbons (Fsp3) is 0.344. The van der Waals surface area contributed by atoms with Crippen molar-refractivity contribution in [2.75, 3.05) is 36.4 Å². The number of nitrogens with zero attached hydrogens (tertiary/aromatic N) is 6. The number of fused-ring (bicyclic) bond motifs is 2. The van der Waals surface area contributed by atoms with Crippen molar-refractivity contribution < 1.29 is 38.2 Å². The third-order valence-corrected chi connectivity index (χ3v) is 9.17. The van der Waals surface area contributed by atoms with Crippen molar-refractivity contribution in [2.24, 2.45) is 0 Å². The van der Waals surface area contributed by atoms with E-state index in [1.54, 1.807) is 56.9 Å². The molecule has 1 fully saturated rings. The van der Waals surface area contributed by atoms with Gasteiger partial charge in [0.05, 0.1) is 12.0 Å². The first-order valence-corrected chi connectivity index (χ1v) is 17.5. The highest BCUT2D eigenvalue weighted by atomic mass is 32.5. The predicted molar refractivity (Wildman–Crippen MR) is 178 cm³/mol. The first-order valence-electron chi connectivity index (χ1n) is 15.6. The zero-order valence-electron chi connectivity index (χ0n) is 27.5. The second-order valence-corrected chi connectivity index (χ2v) is 15.3. The minimum absolute atomic E-state index is 0.0175. The molecule has 0 unspecified atom stereocenters. The molecule has 268 valence electrons. The van der Waals surface area contributed by atoms with E-state index in [9.17, 15) is 33.8 Å². The summed E-state index contributed by atoms with van der Waals surface area (Å²) in [6.45, 7) is 7.61. The molecule has 1 aliphatic rings. The highest BCUT2D eigenvalue weighted by molar-refractivity contribution is 8.45. The van der Waals surface area contributed by atoms with Crippen molar-refractivity contribution in [2.45, 2.75) is 51.2 Å². The van der Waals surface area contributed by atoms with E-state index in [2.05, 4.69) is 15.4 Å². The molecule has 1 aliphatic heterocycles. The average Bonchev–Trinajstić information content (AvgIpc) is 3.68. The minimum atomic E-state index is -9.91. The van der Waals surface area contributed by atoms with Crippen LogP contribution in [0.1, 0.15) is 33.4 Å². The maximum atomic E-state index is 14.2. The number of benzene rings is 2. The number of aromatic nitrogens is 4. The van der Waals surface area contributed by atoms with Crippen LogP contribution in [-0.2, 0) is 22.5 Å². The van der Waals surface area contributed by atoms with E-state index in [0.29, 0.717) is 16.8 Å². The van der Waals surface area contributed by atoms with Crippen molar-refractivity contribution in [3.8, 4) is 11.4 Å². The maximum absolute atomic E-state index is 14.2. The monoisotopic (exact) mass is 723 g/mol. The molecule has 1 N–H and O–H groups in total. The number of nitrogens with one attached hydrogen (secondary N) is 1. The summed E-state index contributed by atoms with van der Waals surface area (Å²) in [5, 5.41) is 7.77. The van der Waals surface area contributed by atoms with Gasteiger partial charge in [-0.3, -0.25) is 9.59 Å². The van der Waals surface area contributed by atoms with Crippen molar-refractivity contribution in [1.29, 1.82) is 0 Å².